The number of nitrogens with zero attached hydrogens (tertiary/aromatic N) is 6. The Morgan fingerprint density at radius 2 is 1.16 bits per heavy atom. The molecule has 0 radical (unpaired) electrons. The molecule has 4 aromatic carbocycles. The van der Waals surface area contributed by atoms with Gasteiger partial charge in [-0.1, -0.05) is 85.5 Å². The van der Waals surface area contributed by atoms with Gasteiger partial charge in [-0.05, 0) is 113 Å². The zero-order chi connectivity index (χ0) is 38.1. The molecule has 0 N–H and O–H groups in total. The van der Waals surface area contributed by atoms with E-state index in [2.05, 4.69) is 141 Å². The van der Waals surface area contributed by atoms with E-state index in [9.17, 15) is 0 Å². The standard InChI is InChI=1S/C51H36N6/c1-35(14-3-2-4-15-38-16-7-9-28-52-38)36-24-26-46-43(32-36)50-48(22-12-30-54-50)56(46)39-17-11-18-40(34-39)57-47-27-25-37(33-44(47)51-49(57)23-13-31-55-51)41-19-5-6-20-42(41)45-21-8-10-29-53-45/h2-14,16-34H,1,15H2/b4-2-,14-3-. The van der Waals surface area contributed by atoms with Crippen LogP contribution in [0.15, 0.2) is 201 Å². The molecule has 10 rings (SSSR count). The van der Waals surface area contributed by atoms with Gasteiger partial charge in [-0.15, -0.1) is 0 Å². The first-order chi connectivity index (χ1) is 28.2. The molecule has 0 spiro atoms. The van der Waals surface area contributed by atoms with E-state index in [4.69, 9.17) is 9.97 Å². The molecule has 270 valence electrons. The van der Waals surface area contributed by atoms with E-state index in [1.165, 1.54) is 0 Å². The fraction of sp³-hybridized carbons (Fsp3) is 0.0196. The fourth-order valence-electron chi connectivity index (χ4n) is 7.90. The van der Waals surface area contributed by atoms with E-state index in [1.54, 1.807) is 0 Å². The lowest BCUT2D eigenvalue weighted by molar-refractivity contribution is 1.11. The van der Waals surface area contributed by atoms with Crippen LogP contribution < -0.4 is 0 Å². The predicted octanol–water partition coefficient (Wildman–Crippen LogP) is 12.2. The van der Waals surface area contributed by atoms with Gasteiger partial charge in [0.15, 0.2) is 0 Å². The van der Waals surface area contributed by atoms with Gasteiger partial charge >= 0.3 is 0 Å². The second-order valence-electron chi connectivity index (χ2n) is 14.0. The minimum Gasteiger partial charge on any atom is -0.308 e. The van der Waals surface area contributed by atoms with Crippen molar-refractivity contribution in [1.82, 2.24) is 29.1 Å². The Balaban J connectivity index is 1.04. The average Bonchev–Trinajstić information content (AvgIpc) is 3.79. The molecule has 6 heteroatoms. The van der Waals surface area contributed by atoms with Crippen molar-refractivity contribution in [2.75, 3.05) is 0 Å². The van der Waals surface area contributed by atoms with E-state index in [0.717, 1.165) is 101 Å². The summed E-state index contributed by atoms with van der Waals surface area (Å²) in [5.74, 6) is 0. The summed E-state index contributed by atoms with van der Waals surface area (Å²) in [5, 5.41) is 2.17. The number of aromatic nitrogens is 6. The third-order valence-corrected chi connectivity index (χ3v) is 10.5. The third kappa shape index (κ3) is 6.19. The smallest absolute Gasteiger partial charge is 0.0963 e. The van der Waals surface area contributed by atoms with E-state index in [-0.39, 0.29) is 0 Å². The van der Waals surface area contributed by atoms with Gasteiger partial charge in [0.05, 0.1) is 38.8 Å². The molecule has 0 unspecified atom stereocenters. The molecular weight excluding hydrogens is 697 g/mol. The summed E-state index contributed by atoms with van der Waals surface area (Å²) in [5.41, 5.74) is 15.6. The number of benzene rings is 4. The van der Waals surface area contributed by atoms with Crippen molar-refractivity contribution in [1.29, 1.82) is 0 Å². The largest absolute Gasteiger partial charge is 0.308 e. The zero-order valence-electron chi connectivity index (χ0n) is 31.1. The Hall–Kier alpha value is -7.70. The summed E-state index contributed by atoms with van der Waals surface area (Å²) in [6.07, 6.45) is 16.4. The molecule has 6 nitrogen and oxygen atoms in total. The van der Waals surface area contributed by atoms with Gasteiger partial charge < -0.3 is 9.13 Å². The maximum absolute atomic E-state index is 4.92. The van der Waals surface area contributed by atoms with Crippen molar-refractivity contribution in [3.8, 4) is 33.8 Å². The van der Waals surface area contributed by atoms with Crippen LogP contribution in [0, 0.1) is 0 Å². The van der Waals surface area contributed by atoms with Gasteiger partial charge in [0, 0.05) is 64.6 Å². The Kier molecular flexibility index (Phi) is 8.61. The Labute approximate surface area is 330 Å². The van der Waals surface area contributed by atoms with Crippen molar-refractivity contribution in [2.45, 2.75) is 6.42 Å². The number of hydrogen-bond acceptors (Lipinski definition) is 4. The highest BCUT2D eigenvalue weighted by molar-refractivity contribution is 6.10. The first-order valence-electron chi connectivity index (χ1n) is 19.0. The zero-order valence-corrected chi connectivity index (χ0v) is 31.1. The quantitative estimate of drug-likeness (QED) is 0.139. The summed E-state index contributed by atoms with van der Waals surface area (Å²) in [7, 11) is 0. The first kappa shape index (κ1) is 33.8. The summed E-state index contributed by atoms with van der Waals surface area (Å²) in [6, 6.07) is 50.8. The van der Waals surface area contributed by atoms with E-state index in [0.29, 0.717) is 0 Å². The monoisotopic (exact) mass is 732 g/mol. The van der Waals surface area contributed by atoms with Crippen LogP contribution in [-0.2, 0) is 6.42 Å². The van der Waals surface area contributed by atoms with Crippen LogP contribution in [0.5, 0.6) is 0 Å². The van der Waals surface area contributed by atoms with Crippen LogP contribution in [0.25, 0.3) is 83.2 Å². The van der Waals surface area contributed by atoms with E-state index in [1.807, 2.05) is 79.4 Å². The van der Waals surface area contributed by atoms with Crippen LogP contribution in [0.1, 0.15) is 11.3 Å². The topological polar surface area (TPSA) is 61.4 Å². The number of rotatable bonds is 9. The van der Waals surface area contributed by atoms with Crippen molar-refractivity contribution in [3.63, 3.8) is 0 Å². The maximum atomic E-state index is 4.92. The molecule has 0 amide bonds. The normalized spacial score (nSPS) is 11.9. The molecule has 6 aromatic heterocycles. The Morgan fingerprint density at radius 1 is 0.509 bits per heavy atom. The Bertz CT molecular complexity index is 3170. The summed E-state index contributed by atoms with van der Waals surface area (Å²) < 4.78 is 4.63. The van der Waals surface area contributed by atoms with Crippen LogP contribution in [0.2, 0.25) is 0 Å². The summed E-state index contributed by atoms with van der Waals surface area (Å²) >= 11 is 0. The number of hydrogen-bond donors (Lipinski definition) is 0. The van der Waals surface area contributed by atoms with E-state index < -0.39 is 0 Å². The van der Waals surface area contributed by atoms with Crippen LogP contribution >= 0.6 is 0 Å². The molecule has 0 saturated heterocycles. The second kappa shape index (κ2) is 14.5. The molecule has 0 bridgehead atoms. The number of pyridine rings is 4. The summed E-state index contributed by atoms with van der Waals surface area (Å²) in [6.45, 7) is 4.39. The van der Waals surface area contributed by atoms with Crippen molar-refractivity contribution in [2.24, 2.45) is 0 Å². The molecule has 0 atom stereocenters. The lowest BCUT2D eigenvalue weighted by Crippen LogP contribution is -1.98. The van der Waals surface area contributed by atoms with Crippen molar-refractivity contribution in [3.05, 3.63) is 213 Å². The van der Waals surface area contributed by atoms with Gasteiger partial charge in [0.1, 0.15) is 0 Å². The highest BCUT2D eigenvalue weighted by atomic mass is 15.0. The molecule has 10 aromatic rings. The molecule has 0 aliphatic heterocycles. The number of fused-ring (bicyclic) bond motifs is 6. The maximum Gasteiger partial charge on any atom is 0.0963 e. The number of allylic oxidation sites excluding steroid dienone is 5. The molecular formula is C51H36N6. The van der Waals surface area contributed by atoms with Crippen LogP contribution in [0.4, 0.5) is 0 Å². The van der Waals surface area contributed by atoms with Crippen LogP contribution in [0.3, 0.4) is 0 Å². The van der Waals surface area contributed by atoms with E-state index >= 15 is 0 Å². The molecule has 57 heavy (non-hydrogen) atoms. The third-order valence-electron chi connectivity index (χ3n) is 10.5. The van der Waals surface area contributed by atoms with Gasteiger partial charge in [-0.2, -0.15) is 0 Å². The van der Waals surface area contributed by atoms with Gasteiger partial charge in [0.25, 0.3) is 0 Å². The molecule has 0 saturated carbocycles. The molecule has 6 heterocycles. The van der Waals surface area contributed by atoms with Gasteiger partial charge in [0.2, 0.25) is 0 Å². The Morgan fingerprint density at radius 3 is 1.86 bits per heavy atom. The van der Waals surface area contributed by atoms with Gasteiger partial charge in [-0.3, -0.25) is 19.9 Å². The molecule has 0 aliphatic carbocycles. The minimum absolute atomic E-state index is 0.785. The van der Waals surface area contributed by atoms with Crippen LogP contribution in [-0.4, -0.2) is 29.1 Å². The highest BCUT2D eigenvalue weighted by Gasteiger charge is 2.18. The predicted molar refractivity (Wildman–Crippen MR) is 235 cm³/mol. The molecule has 0 aliphatic rings. The van der Waals surface area contributed by atoms with Gasteiger partial charge in [-0.25, -0.2) is 0 Å². The lowest BCUT2D eigenvalue weighted by Gasteiger charge is -2.13. The minimum atomic E-state index is 0.785. The molecule has 0 fully saturated rings. The first-order valence-corrected chi connectivity index (χ1v) is 19.0. The van der Waals surface area contributed by atoms with Crippen molar-refractivity contribution < 1.29 is 0 Å². The lowest BCUT2D eigenvalue weighted by atomic mass is 9.96. The average molecular weight is 733 g/mol. The fourth-order valence-corrected chi connectivity index (χ4v) is 7.90. The summed E-state index contributed by atoms with van der Waals surface area (Å²) in [4.78, 5) is 18.9. The van der Waals surface area contributed by atoms with Crippen molar-refractivity contribution >= 4 is 49.4 Å². The second-order valence-corrected chi connectivity index (χ2v) is 14.0. The highest BCUT2D eigenvalue weighted by Crippen LogP contribution is 2.38. The SMILES string of the molecule is C=C(/C=C\C=C/Cc1ccccn1)c1ccc2c(c1)c1ncccc1n2-c1cccc(-n2c3ccc(-c4ccccc4-c4ccccn4)cc3c3ncccc32)c1.